The Hall–Kier alpha value is -3.96. The molecule has 4 nitrogen and oxygen atoms in total. The highest BCUT2D eigenvalue weighted by atomic mass is 32.2. The van der Waals surface area contributed by atoms with Crippen LogP contribution in [0.2, 0.25) is 0 Å². The monoisotopic (exact) mass is 590 g/mol. The third-order valence-corrected chi connectivity index (χ3v) is 8.65. The zero-order valence-corrected chi connectivity index (χ0v) is 23.6. The van der Waals surface area contributed by atoms with Crippen molar-refractivity contribution in [3.05, 3.63) is 100 Å². The second-order valence-corrected chi connectivity index (χ2v) is 12.1. The van der Waals surface area contributed by atoms with Crippen LogP contribution < -0.4 is 10.3 Å². The molecule has 206 valence electrons. The predicted molar refractivity (Wildman–Crippen MR) is 165 cm³/mol. The Morgan fingerprint density at radius 1 is 0.805 bits per heavy atom. The Morgan fingerprint density at radius 3 is 2.15 bits per heavy atom. The van der Waals surface area contributed by atoms with Crippen molar-refractivity contribution in [3.8, 4) is 0 Å². The molecule has 1 aliphatic carbocycles. The van der Waals surface area contributed by atoms with E-state index >= 15 is 0 Å². The van der Waals surface area contributed by atoms with Gasteiger partial charge in [-0.2, -0.15) is 0 Å². The molecule has 2 heterocycles. The molecule has 41 heavy (non-hydrogen) atoms. The fourth-order valence-electron chi connectivity index (χ4n) is 4.99. The van der Waals surface area contributed by atoms with Gasteiger partial charge in [-0.25, -0.2) is 9.98 Å². The number of hydrogen-bond donors (Lipinski definition) is 2. The first-order valence-corrected chi connectivity index (χ1v) is 14.4. The fourth-order valence-corrected chi connectivity index (χ4v) is 7.23. The molecule has 0 fully saturated rings. The molecule has 1 aromatic heterocycles. The van der Waals surface area contributed by atoms with Crippen LogP contribution in [0.3, 0.4) is 0 Å². The maximum Gasteiger partial charge on any atom is 0.673 e. The van der Waals surface area contributed by atoms with Crippen molar-refractivity contribution in [2.45, 2.75) is 19.3 Å². The molecule has 7 rings (SSSR count). The molecule has 0 spiro atoms. The standard InChI is InChI=1S/C30H22N4S2.BF4/c1-30(2)26-24(35-28(33-26)31-22-15-7-11-18-9-3-5-13-20(18)22)17-25-27(30)34-29(36-25)32-23-16-8-12-19-10-4-6-14-21(19)23;2-1(3,4)5/h3-17H,1-2H3,(H,31,33);/q;-1/p+1. The fraction of sp³-hybridized carbons (Fsp3) is 0.100. The van der Waals surface area contributed by atoms with Crippen LogP contribution in [0.4, 0.5) is 33.8 Å². The highest BCUT2D eigenvalue weighted by Crippen LogP contribution is 2.46. The number of thiazole rings is 1. The van der Waals surface area contributed by atoms with Crippen molar-refractivity contribution in [2.75, 3.05) is 5.32 Å². The molecule has 0 amide bonds. The summed E-state index contributed by atoms with van der Waals surface area (Å²) in [6.45, 7) is 4.45. The molecule has 0 radical (unpaired) electrons. The topological polar surface area (TPSA) is 51.2 Å². The normalized spacial score (nSPS) is 16.5. The van der Waals surface area contributed by atoms with Crippen LogP contribution in [0.1, 0.15) is 24.4 Å². The van der Waals surface area contributed by atoms with Crippen LogP contribution in [-0.2, 0) is 5.41 Å². The van der Waals surface area contributed by atoms with E-state index in [1.54, 1.807) is 23.1 Å². The van der Waals surface area contributed by atoms with E-state index in [1.165, 1.54) is 31.3 Å². The number of benzene rings is 4. The first-order chi connectivity index (χ1) is 19.6. The number of rotatable bonds is 3. The van der Waals surface area contributed by atoms with Crippen LogP contribution in [0, 0.1) is 0 Å². The second-order valence-electron chi connectivity index (χ2n) is 10.0. The lowest BCUT2D eigenvalue weighted by atomic mass is 9.80. The van der Waals surface area contributed by atoms with E-state index < -0.39 is 7.25 Å². The van der Waals surface area contributed by atoms with Crippen LogP contribution in [-0.4, -0.2) is 23.1 Å². The molecule has 0 saturated carbocycles. The second kappa shape index (κ2) is 10.5. The summed E-state index contributed by atoms with van der Waals surface area (Å²) in [5, 5.41) is 10.2. The molecule has 2 N–H and O–H groups in total. The van der Waals surface area contributed by atoms with Crippen molar-refractivity contribution in [1.82, 2.24) is 4.98 Å². The summed E-state index contributed by atoms with van der Waals surface area (Å²) < 4.78 is 39.0. The number of thioether (sulfide) groups is 1. The van der Waals surface area contributed by atoms with Crippen molar-refractivity contribution in [3.63, 3.8) is 0 Å². The minimum Gasteiger partial charge on any atom is -0.418 e. The summed E-state index contributed by atoms with van der Waals surface area (Å²) in [6.07, 6.45) is 2.24. The summed E-state index contributed by atoms with van der Waals surface area (Å²) in [5.41, 5.74) is 4.01. The van der Waals surface area contributed by atoms with Crippen LogP contribution in [0.15, 0.2) is 94.8 Å². The molecular formula is C30H23BF4N4S2. The van der Waals surface area contributed by atoms with E-state index in [4.69, 9.17) is 9.98 Å². The first kappa shape index (κ1) is 27.2. The molecule has 2 aliphatic rings. The molecule has 0 atom stereocenters. The van der Waals surface area contributed by atoms with Crippen LogP contribution >= 0.6 is 23.1 Å². The van der Waals surface area contributed by atoms with E-state index in [0.717, 1.165) is 33.1 Å². The van der Waals surface area contributed by atoms with Gasteiger partial charge in [0.1, 0.15) is 5.69 Å². The average Bonchev–Trinajstić information content (AvgIpc) is 3.53. The van der Waals surface area contributed by atoms with Gasteiger partial charge in [-0.05, 0) is 47.8 Å². The number of nitrogens with zero attached hydrogens (tertiary/aromatic N) is 2. The summed E-state index contributed by atoms with van der Waals surface area (Å²) >= 11 is 3.40. The quantitative estimate of drug-likeness (QED) is 0.165. The maximum absolute atomic E-state index is 9.75. The number of hydrogen-bond acceptors (Lipinski definition) is 4. The Bertz CT molecular complexity index is 1880. The zero-order valence-electron chi connectivity index (χ0n) is 22.0. The number of allylic oxidation sites excluding steroid dienone is 1. The largest absolute Gasteiger partial charge is 0.673 e. The summed E-state index contributed by atoms with van der Waals surface area (Å²) in [6, 6.07) is 29.5. The minimum atomic E-state index is -6.00. The number of fused-ring (bicyclic) bond motifs is 4. The highest BCUT2D eigenvalue weighted by molar-refractivity contribution is 8.18. The third-order valence-electron chi connectivity index (χ3n) is 6.82. The highest BCUT2D eigenvalue weighted by Gasteiger charge is 2.46. The maximum atomic E-state index is 9.75. The lowest BCUT2D eigenvalue weighted by Crippen LogP contribution is -2.64. The number of aromatic nitrogens is 1. The van der Waals surface area contributed by atoms with Gasteiger partial charge in [0.25, 0.3) is 0 Å². The van der Waals surface area contributed by atoms with Crippen molar-refractivity contribution >= 4 is 85.4 Å². The Morgan fingerprint density at radius 2 is 1.41 bits per heavy atom. The molecule has 0 unspecified atom stereocenters. The van der Waals surface area contributed by atoms with E-state index in [-0.39, 0.29) is 5.41 Å². The summed E-state index contributed by atoms with van der Waals surface area (Å²) in [7, 11) is -6.00. The number of nitrogens with one attached hydrogen (secondary N) is 2. The van der Waals surface area contributed by atoms with E-state index in [2.05, 4.69) is 115 Å². The Labute approximate surface area is 242 Å². The molecule has 0 saturated heterocycles. The summed E-state index contributed by atoms with van der Waals surface area (Å²) in [4.78, 5) is 16.1. The van der Waals surface area contributed by atoms with Gasteiger partial charge in [-0.3, -0.25) is 0 Å². The number of anilines is 2. The van der Waals surface area contributed by atoms with Gasteiger partial charge in [0.05, 0.1) is 20.9 Å². The molecule has 11 heteroatoms. The van der Waals surface area contributed by atoms with Crippen molar-refractivity contribution < 1.29 is 22.3 Å². The first-order valence-electron chi connectivity index (χ1n) is 12.8. The Kier molecular flexibility index (Phi) is 6.95. The lowest BCUT2D eigenvalue weighted by Gasteiger charge is -2.24. The smallest absolute Gasteiger partial charge is 0.418 e. The average molecular weight is 590 g/mol. The van der Waals surface area contributed by atoms with Crippen LogP contribution in [0.25, 0.3) is 27.6 Å². The predicted octanol–water partition coefficient (Wildman–Crippen LogP) is 8.08. The molecule has 0 bridgehead atoms. The van der Waals surface area contributed by atoms with E-state index in [9.17, 15) is 17.3 Å². The zero-order chi connectivity index (χ0) is 28.8. The third kappa shape index (κ3) is 5.64. The molecule has 4 aromatic carbocycles. The van der Waals surface area contributed by atoms with Gasteiger partial charge in [0.2, 0.25) is 0 Å². The van der Waals surface area contributed by atoms with Gasteiger partial charge >= 0.3 is 12.4 Å². The SMILES string of the molecule is CC1(C)C2=NC(=[NH+]c3cccc4ccccc34)SC2=Cc2sc(Nc3cccc4ccccc34)nc21.F[B-](F)(F)F. The minimum absolute atomic E-state index is 0.288. The molecular weight excluding hydrogens is 567 g/mol. The van der Waals surface area contributed by atoms with Gasteiger partial charge in [-0.15, -0.1) is 0 Å². The summed E-state index contributed by atoms with van der Waals surface area (Å²) in [5.74, 6) is 0. The van der Waals surface area contributed by atoms with Crippen molar-refractivity contribution in [2.24, 2.45) is 4.99 Å². The van der Waals surface area contributed by atoms with Gasteiger partial charge in [0, 0.05) is 28.2 Å². The van der Waals surface area contributed by atoms with Crippen molar-refractivity contribution in [1.29, 1.82) is 0 Å². The van der Waals surface area contributed by atoms with E-state index in [0.29, 0.717) is 0 Å². The number of aliphatic imine (C=N–C) groups is 1. The van der Waals surface area contributed by atoms with Gasteiger partial charge in [0.15, 0.2) is 10.8 Å². The van der Waals surface area contributed by atoms with E-state index in [1.807, 2.05) is 0 Å². The molecule has 5 aromatic rings. The number of halogens is 4. The van der Waals surface area contributed by atoms with Gasteiger partial charge < -0.3 is 22.6 Å². The molecule has 1 aliphatic heterocycles. The van der Waals surface area contributed by atoms with Gasteiger partial charge in [-0.1, -0.05) is 84.1 Å². The number of amidine groups is 1. The Balaban J connectivity index is 0.000000559. The van der Waals surface area contributed by atoms with Crippen LogP contribution in [0.5, 0.6) is 0 Å². The lowest BCUT2D eigenvalue weighted by molar-refractivity contribution is -0.348.